The Labute approximate surface area is 201 Å². The molecule has 1 aliphatic rings. The number of hydrogen-bond acceptors (Lipinski definition) is 0. The smallest absolute Gasteiger partial charge is 1.00 e. The van der Waals surface area contributed by atoms with E-state index in [4.69, 9.17) is 0 Å². The van der Waals surface area contributed by atoms with E-state index in [1.165, 1.54) is 27.8 Å². The van der Waals surface area contributed by atoms with Crippen molar-refractivity contribution in [3.63, 3.8) is 0 Å². The van der Waals surface area contributed by atoms with E-state index in [0.717, 1.165) is 6.42 Å². The number of hydrogen-bond donors (Lipinski definition) is 0. The quantitative estimate of drug-likeness (QED) is 0.387. The summed E-state index contributed by atoms with van der Waals surface area (Å²) < 4.78 is 1.56. The zero-order valence-electron chi connectivity index (χ0n) is 17.4. The Morgan fingerprint density at radius 1 is 0.679 bits per heavy atom. The van der Waals surface area contributed by atoms with Gasteiger partial charge in [-0.05, 0) is 0 Å². The van der Waals surface area contributed by atoms with Crippen LogP contribution in [0, 0.1) is 27.7 Å². The van der Waals surface area contributed by atoms with Gasteiger partial charge in [0.2, 0.25) is 0 Å². The molecule has 0 unspecified atom stereocenters. The minimum absolute atomic E-state index is 0. The second-order valence-corrected chi connectivity index (χ2v) is 12.7. The summed E-state index contributed by atoms with van der Waals surface area (Å²) in [5.74, 6) is 0. The average Bonchev–Trinajstić information content (AvgIpc) is 2.84. The van der Waals surface area contributed by atoms with Crippen LogP contribution in [-0.4, -0.2) is 8.07 Å². The van der Waals surface area contributed by atoms with Crippen LogP contribution in [0.1, 0.15) is 35.6 Å². The molecule has 0 spiro atoms. The normalized spacial score (nSPS) is 13.4. The van der Waals surface area contributed by atoms with E-state index in [1.807, 2.05) is 0 Å². The number of halogens is 3. The number of allylic oxidation sites excluding steroid dienone is 4. The molecule has 148 valence electrons. The van der Waals surface area contributed by atoms with Crippen molar-refractivity contribution in [2.45, 2.75) is 47.6 Å². The molecule has 28 heavy (non-hydrogen) atoms. The van der Waals surface area contributed by atoms with Crippen molar-refractivity contribution in [1.29, 1.82) is 0 Å². The molecule has 0 radical (unpaired) electrons. The van der Waals surface area contributed by atoms with E-state index in [1.54, 1.807) is 19.4 Å². The Hall–Kier alpha value is -0.279. The van der Waals surface area contributed by atoms with Gasteiger partial charge < -0.3 is 37.2 Å². The Morgan fingerprint density at radius 3 is 1.32 bits per heavy atom. The summed E-state index contributed by atoms with van der Waals surface area (Å²) in [4.78, 5) is 0. The van der Waals surface area contributed by atoms with Gasteiger partial charge in [-0.25, -0.2) is 0 Å². The van der Waals surface area contributed by atoms with Gasteiger partial charge in [-0.3, -0.25) is 0 Å². The third kappa shape index (κ3) is 5.25. The summed E-state index contributed by atoms with van der Waals surface area (Å²) in [6.45, 7) is 13.8. The maximum Gasteiger partial charge on any atom is -1.00 e. The van der Waals surface area contributed by atoms with Gasteiger partial charge in [-0.1, -0.05) is 0 Å². The van der Waals surface area contributed by atoms with Crippen molar-refractivity contribution in [2.75, 3.05) is 0 Å². The van der Waals surface area contributed by atoms with Gasteiger partial charge in [0, 0.05) is 0 Å². The van der Waals surface area contributed by atoms with E-state index in [9.17, 15) is 0 Å². The minimum Gasteiger partial charge on any atom is -1.00 e. The van der Waals surface area contributed by atoms with Crippen LogP contribution in [0.25, 0.3) is 0 Å². The first-order valence-electron chi connectivity index (χ1n) is 9.01. The van der Waals surface area contributed by atoms with Gasteiger partial charge in [-0.15, -0.1) is 0 Å². The van der Waals surface area contributed by atoms with Crippen LogP contribution in [0.2, 0.25) is 6.55 Å². The minimum atomic E-state index is -2.01. The van der Waals surface area contributed by atoms with Crippen molar-refractivity contribution < 1.29 is 57.7 Å². The maximum atomic E-state index is 2.55. The van der Waals surface area contributed by atoms with Crippen molar-refractivity contribution in [2.24, 2.45) is 0 Å². The number of aryl methyl sites for hydroxylation is 4. The van der Waals surface area contributed by atoms with Gasteiger partial charge in [0.15, 0.2) is 0 Å². The van der Waals surface area contributed by atoms with Crippen LogP contribution in [0.15, 0.2) is 57.1 Å². The second-order valence-electron chi connectivity index (χ2n) is 7.82. The molecule has 2 aromatic carbocycles. The van der Waals surface area contributed by atoms with Gasteiger partial charge in [0.1, 0.15) is 0 Å². The first kappa shape index (κ1) is 27.7. The molecule has 0 bridgehead atoms. The van der Waals surface area contributed by atoms with E-state index in [0.29, 0.717) is 0 Å². The van der Waals surface area contributed by atoms with Crippen LogP contribution >= 0.6 is 0 Å². The van der Waals surface area contributed by atoms with Crippen molar-refractivity contribution in [3.8, 4) is 0 Å². The van der Waals surface area contributed by atoms with Crippen LogP contribution in [0.5, 0.6) is 0 Å². The molecule has 0 saturated carbocycles. The zero-order chi connectivity index (χ0) is 18.4. The Morgan fingerprint density at radius 2 is 1.04 bits per heavy atom. The van der Waals surface area contributed by atoms with Crippen molar-refractivity contribution >= 4 is 18.4 Å². The van der Waals surface area contributed by atoms with Gasteiger partial charge >= 0.3 is 166 Å². The topological polar surface area (TPSA) is 0 Å². The third-order valence-electron chi connectivity index (χ3n) is 5.41. The molecule has 1 aliphatic carbocycles. The molecule has 0 nitrogen and oxygen atoms in total. The average molecular weight is 486 g/mol. The predicted molar refractivity (Wildman–Crippen MR) is 108 cm³/mol. The van der Waals surface area contributed by atoms with Crippen LogP contribution in [-0.2, 0) is 20.4 Å². The SMILES string of the molecule is CC1=CC[C]([Ti+3])=C1[Si](C)(c1cc(C)cc(C)c1)c1cc(C)cc(C)c1.[Cl-].[Cl-].[Cl-]. The molecule has 0 saturated heterocycles. The summed E-state index contributed by atoms with van der Waals surface area (Å²) in [7, 11) is -2.01. The van der Waals surface area contributed by atoms with Crippen molar-refractivity contribution in [1.82, 2.24) is 0 Å². The van der Waals surface area contributed by atoms with Crippen LogP contribution < -0.4 is 47.6 Å². The first-order valence-corrected chi connectivity index (χ1v) is 12.3. The summed E-state index contributed by atoms with van der Waals surface area (Å²) in [5.41, 5.74) is 6.98. The van der Waals surface area contributed by atoms with E-state index < -0.39 is 8.07 Å². The third-order valence-corrected chi connectivity index (χ3v) is 11.1. The molecule has 0 N–H and O–H groups in total. The van der Waals surface area contributed by atoms with E-state index in [-0.39, 0.29) is 37.2 Å². The van der Waals surface area contributed by atoms with Gasteiger partial charge in [-0.2, -0.15) is 0 Å². The molecule has 0 atom stereocenters. The summed E-state index contributed by atoms with van der Waals surface area (Å²) in [6, 6.07) is 14.3. The largest absolute Gasteiger partial charge is 1.00 e. The zero-order valence-corrected chi connectivity index (χ0v) is 22.2. The molecule has 5 heteroatoms. The molecule has 3 rings (SSSR count). The molecule has 0 heterocycles. The Balaban J connectivity index is 0.00000243. The second kappa shape index (κ2) is 10.7. The summed E-state index contributed by atoms with van der Waals surface area (Å²) in [6.07, 6.45) is 3.53. The molecule has 0 aliphatic heterocycles. The molecule has 0 amide bonds. The van der Waals surface area contributed by atoms with E-state index >= 15 is 0 Å². The summed E-state index contributed by atoms with van der Waals surface area (Å²) >= 11 is 2.33. The first-order chi connectivity index (χ1) is 11.7. The fourth-order valence-corrected chi connectivity index (χ4v) is 10.6. The Bertz CT molecular complexity index is 824. The van der Waals surface area contributed by atoms with Crippen LogP contribution in [0.4, 0.5) is 0 Å². The number of rotatable bonds is 3. The fourth-order valence-electron chi connectivity index (χ4n) is 4.38. The molecular formula is C23H27Cl3SiTi. The fraction of sp³-hybridized carbons (Fsp3) is 0.304. The standard InChI is InChI=1S/C23H27Si.3ClH.Ti/c1-16-10-17(2)13-21(12-16)24(6,23-9-7-8-20(23)5)22-14-18(3)11-19(4)15-22;;;;/h8,10-15H,7H2,1-6H3;3*1H;/q;;;;+3/p-3. The van der Waals surface area contributed by atoms with Crippen LogP contribution in [0.3, 0.4) is 0 Å². The van der Waals surface area contributed by atoms with E-state index in [2.05, 4.69) is 104 Å². The molecule has 2 aromatic rings. The molecule has 0 aromatic heterocycles. The predicted octanol–water partition coefficient (Wildman–Crippen LogP) is -4.18. The number of benzene rings is 2. The maximum absolute atomic E-state index is 2.55. The van der Waals surface area contributed by atoms with Crippen molar-refractivity contribution in [3.05, 3.63) is 79.4 Å². The summed E-state index contributed by atoms with van der Waals surface area (Å²) in [5, 5.41) is 4.72. The Kier molecular flexibility index (Phi) is 10.6. The van der Waals surface area contributed by atoms with Gasteiger partial charge in [0.25, 0.3) is 0 Å². The monoisotopic (exact) mass is 484 g/mol. The van der Waals surface area contributed by atoms with Gasteiger partial charge in [0.05, 0.1) is 0 Å². The molecular weight excluding hydrogens is 459 g/mol. The molecule has 0 fully saturated rings.